The van der Waals surface area contributed by atoms with E-state index in [-0.39, 0.29) is 11.1 Å². The predicted octanol–water partition coefficient (Wildman–Crippen LogP) is 2.58. The highest BCUT2D eigenvalue weighted by atomic mass is 16.2. The number of rotatable bonds is 8. The van der Waals surface area contributed by atoms with Crippen LogP contribution in [0.4, 0.5) is 5.69 Å². The Hall–Kier alpha value is -2.08. The van der Waals surface area contributed by atoms with E-state index in [0.29, 0.717) is 29.4 Å². The van der Waals surface area contributed by atoms with Crippen molar-refractivity contribution in [2.45, 2.75) is 65.1 Å². The van der Waals surface area contributed by atoms with Crippen molar-refractivity contribution < 1.29 is 0 Å². The van der Waals surface area contributed by atoms with Gasteiger partial charge in [-0.3, -0.25) is 9.59 Å². The fourth-order valence-electron chi connectivity index (χ4n) is 3.10. The van der Waals surface area contributed by atoms with Gasteiger partial charge in [0, 0.05) is 12.2 Å². The van der Waals surface area contributed by atoms with Gasteiger partial charge in [0.2, 0.25) is 0 Å². The first kappa shape index (κ1) is 18.3. The summed E-state index contributed by atoms with van der Waals surface area (Å²) in [6.07, 6.45) is 5.78. The molecule has 0 fully saturated rings. The SMILES string of the molecule is CCCCCCCC(N)n1c(=O)c2cc(N)ccc2c(=O)n1CC. The Morgan fingerprint density at radius 2 is 1.71 bits per heavy atom. The Balaban J connectivity index is 2.39. The number of nitrogen functional groups attached to an aromatic ring is 1. The number of hydrogen-bond donors (Lipinski definition) is 2. The molecule has 6 nitrogen and oxygen atoms in total. The molecule has 132 valence electrons. The molecule has 6 heteroatoms. The molecule has 0 saturated carbocycles. The second kappa shape index (κ2) is 8.15. The molecular formula is C18H28N4O2. The fraction of sp³-hybridized carbons (Fsp3) is 0.556. The number of aromatic nitrogens is 2. The van der Waals surface area contributed by atoms with Crippen LogP contribution < -0.4 is 22.6 Å². The summed E-state index contributed by atoms with van der Waals surface area (Å²) < 4.78 is 2.85. The summed E-state index contributed by atoms with van der Waals surface area (Å²) in [6.45, 7) is 4.42. The molecule has 1 unspecified atom stereocenters. The van der Waals surface area contributed by atoms with E-state index in [1.165, 1.54) is 28.6 Å². The van der Waals surface area contributed by atoms with Crippen molar-refractivity contribution in [2.24, 2.45) is 5.73 Å². The molecule has 0 aliphatic heterocycles. The lowest BCUT2D eigenvalue weighted by Gasteiger charge is -2.21. The molecule has 1 atom stereocenters. The third-order valence-corrected chi connectivity index (χ3v) is 4.42. The molecule has 24 heavy (non-hydrogen) atoms. The topological polar surface area (TPSA) is 96.0 Å². The van der Waals surface area contributed by atoms with Crippen LogP contribution in [0.2, 0.25) is 0 Å². The van der Waals surface area contributed by atoms with Gasteiger partial charge in [-0.05, 0) is 38.0 Å². The minimum absolute atomic E-state index is 0.200. The molecule has 0 aliphatic rings. The van der Waals surface area contributed by atoms with Crippen molar-refractivity contribution in [3.63, 3.8) is 0 Å². The molecule has 1 aromatic heterocycles. The first-order valence-corrected chi connectivity index (χ1v) is 8.81. The summed E-state index contributed by atoms with van der Waals surface area (Å²) in [7, 11) is 0. The van der Waals surface area contributed by atoms with Gasteiger partial charge in [0.1, 0.15) is 6.17 Å². The number of unbranched alkanes of at least 4 members (excludes halogenated alkanes) is 4. The molecule has 1 aromatic carbocycles. The summed E-state index contributed by atoms with van der Waals surface area (Å²) in [5, 5.41) is 0.730. The monoisotopic (exact) mass is 332 g/mol. The van der Waals surface area contributed by atoms with E-state index in [4.69, 9.17) is 11.5 Å². The summed E-state index contributed by atoms with van der Waals surface area (Å²) in [5.74, 6) is 0. The number of fused-ring (bicyclic) bond motifs is 1. The van der Waals surface area contributed by atoms with E-state index in [1.807, 2.05) is 6.92 Å². The summed E-state index contributed by atoms with van der Waals surface area (Å²) in [6, 6.07) is 4.81. The van der Waals surface area contributed by atoms with Gasteiger partial charge in [-0.15, -0.1) is 0 Å². The second-order valence-corrected chi connectivity index (χ2v) is 6.25. The Labute approximate surface area is 142 Å². The standard InChI is InChI=1S/C18H28N4O2/c1-3-5-6-7-8-9-16(20)22-18(24)15-12-13(19)10-11-14(15)17(23)21(22)4-2/h10-12,16H,3-9,19-20H2,1-2H3. The van der Waals surface area contributed by atoms with Gasteiger partial charge in [0.15, 0.2) is 0 Å². The summed E-state index contributed by atoms with van der Waals surface area (Å²) in [4.78, 5) is 25.5. The first-order chi connectivity index (χ1) is 11.5. The molecule has 0 aliphatic carbocycles. The van der Waals surface area contributed by atoms with Crippen LogP contribution >= 0.6 is 0 Å². The van der Waals surface area contributed by atoms with E-state index in [1.54, 1.807) is 18.2 Å². The molecule has 4 N–H and O–H groups in total. The van der Waals surface area contributed by atoms with Crippen LogP contribution in [0.5, 0.6) is 0 Å². The Morgan fingerprint density at radius 1 is 1.00 bits per heavy atom. The van der Waals surface area contributed by atoms with Gasteiger partial charge in [0.05, 0.1) is 10.8 Å². The largest absolute Gasteiger partial charge is 0.399 e. The molecular weight excluding hydrogens is 304 g/mol. The van der Waals surface area contributed by atoms with Gasteiger partial charge < -0.3 is 11.5 Å². The van der Waals surface area contributed by atoms with Crippen molar-refractivity contribution in [3.05, 3.63) is 38.9 Å². The number of anilines is 1. The molecule has 0 bridgehead atoms. The maximum absolute atomic E-state index is 12.9. The van der Waals surface area contributed by atoms with Crippen LogP contribution in [-0.2, 0) is 6.54 Å². The smallest absolute Gasteiger partial charge is 0.274 e. The number of nitrogens with zero attached hydrogens (tertiary/aromatic N) is 2. The van der Waals surface area contributed by atoms with Crippen LogP contribution in [0.1, 0.15) is 58.5 Å². The molecule has 0 amide bonds. The van der Waals surface area contributed by atoms with Crippen molar-refractivity contribution in [1.82, 2.24) is 9.36 Å². The maximum Gasteiger partial charge on any atom is 0.274 e. The molecule has 2 rings (SSSR count). The van der Waals surface area contributed by atoms with Gasteiger partial charge in [-0.25, -0.2) is 9.36 Å². The quantitative estimate of drug-likeness (QED) is 0.573. The highest BCUT2D eigenvalue weighted by molar-refractivity contribution is 5.83. The fourth-order valence-corrected chi connectivity index (χ4v) is 3.10. The predicted molar refractivity (Wildman–Crippen MR) is 99.2 cm³/mol. The molecule has 0 radical (unpaired) electrons. The highest BCUT2D eigenvalue weighted by Crippen LogP contribution is 2.14. The van der Waals surface area contributed by atoms with Gasteiger partial charge in [0.25, 0.3) is 11.1 Å². The number of nitrogens with two attached hydrogens (primary N) is 2. The average molecular weight is 332 g/mol. The van der Waals surface area contributed by atoms with E-state index in [2.05, 4.69) is 6.92 Å². The maximum atomic E-state index is 12.9. The van der Waals surface area contributed by atoms with E-state index >= 15 is 0 Å². The lowest BCUT2D eigenvalue weighted by atomic mass is 10.1. The molecule has 1 heterocycles. The average Bonchev–Trinajstić information content (AvgIpc) is 2.57. The number of hydrogen-bond acceptors (Lipinski definition) is 4. The minimum Gasteiger partial charge on any atom is -0.399 e. The van der Waals surface area contributed by atoms with Crippen LogP contribution in [0, 0.1) is 0 Å². The zero-order valence-electron chi connectivity index (χ0n) is 14.6. The highest BCUT2D eigenvalue weighted by Gasteiger charge is 2.17. The zero-order chi connectivity index (χ0) is 17.7. The van der Waals surface area contributed by atoms with E-state index in [0.717, 1.165) is 12.8 Å². The van der Waals surface area contributed by atoms with Gasteiger partial charge in [-0.2, -0.15) is 0 Å². The Morgan fingerprint density at radius 3 is 2.38 bits per heavy atom. The lowest BCUT2D eigenvalue weighted by Crippen LogP contribution is -2.43. The number of benzene rings is 1. The Bertz CT molecular complexity index is 807. The van der Waals surface area contributed by atoms with Crippen LogP contribution in [0.3, 0.4) is 0 Å². The molecule has 2 aromatic rings. The van der Waals surface area contributed by atoms with Crippen molar-refractivity contribution >= 4 is 16.5 Å². The first-order valence-electron chi connectivity index (χ1n) is 8.81. The van der Waals surface area contributed by atoms with Crippen LogP contribution in [0.15, 0.2) is 27.8 Å². The van der Waals surface area contributed by atoms with Crippen molar-refractivity contribution in [3.8, 4) is 0 Å². The second-order valence-electron chi connectivity index (χ2n) is 6.25. The molecule has 0 spiro atoms. The van der Waals surface area contributed by atoms with E-state index < -0.39 is 6.17 Å². The van der Waals surface area contributed by atoms with Crippen LogP contribution in [-0.4, -0.2) is 9.36 Å². The van der Waals surface area contributed by atoms with Crippen molar-refractivity contribution in [1.29, 1.82) is 0 Å². The summed E-state index contributed by atoms with van der Waals surface area (Å²) >= 11 is 0. The minimum atomic E-state index is -0.502. The van der Waals surface area contributed by atoms with Crippen molar-refractivity contribution in [2.75, 3.05) is 5.73 Å². The molecule has 0 saturated heterocycles. The third-order valence-electron chi connectivity index (χ3n) is 4.42. The third kappa shape index (κ3) is 3.70. The van der Waals surface area contributed by atoms with Crippen LogP contribution in [0.25, 0.3) is 10.8 Å². The summed E-state index contributed by atoms with van der Waals surface area (Å²) in [5.41, 5.74) is 12.1. The Kier molecular flexibility index (Phi) is 6.20. The normalized spacial score (nSPS) is 12.6. The van der Waals surface area contributed by atoms with Gasteiger partial charge >= 0.3 is 0 Å². The van der Waals surface area contributed by atoms with Gasteiger partial charge in [-0.1, -0.05) is 32.6 Å². The van der Waals surface area contributed by atoms with E-state index in [9.17, 15) is 9.59 Å². The zero-order valence-corrected chi connectivity index (χ0v) is 14.6. The lowest BCUT2D eigenvalue weighted by molar-refractivity contribution is 0.331.